The van der Waals surface area contributed by atoms with Gasteiger partial charge in [-0.1, -0.05) is 0 Å². The second-order valence-electron chi connectivity index (χ2n) is 1.26. The van der Waals surface area contributed by atoms with E-state index in [1.165, 1.54) is 0 Å². The number of hydrogen-bond acceptors (Lipinski definition) is 2. The molecule has 1 saturated heterocycles. The summed E-state index contributed by atoms with van der Waals surface area (Å²) in [7, 11) is 0. The van der Waals surface area contributed by atoms with Crippen molar-refractivity contribution >= 4 is 0 Å². The van der Waals surface area contributed by atoms with Crippen molar-refractivity contribution in [1.29, 1.82) is 0 Å². The van der Waals surface area contributed by atoms with Crippen LogP contribution in [0.15, 0.2) is 0 Å². The quantitative estimate of drug-likeness (QED) is 0.445. The molecule has 1 aliphatic heterocycles. The molecule has 5 unspecified atom stereocenters. The average Bonchev–Trinajstić information content (AvgIpc) is 1.99. The Morgan fingerprint density at radius 1 is 2.00 bits per heavy atom. The van der Waals surface area contributed by atoms with Crippen LogP contribution in [0.4, 0.5) is 0 Å². The summed E-state index contributed by atoms with van der Waals surface area (Å²) in [5.41, 5.74) is 0. The fourth-order valence-corrected chi connectivity index (χ4v) is 0.384. The molecule has 2 heteroatoms. The van der Waals surface area contributed by atoms with Crippen molar-refractivity contribution in [3.63, 3.8) is 0 Å². The lowest BCUT2D eigenvalue weighted by Gasteiger charge is -2.16. The van der Waals surface area contributed by atoms with Gasteiger partial charge in [-0.25, -0.2) is 0 Å². The Kier molecular flexibility index (Phi) is 0.557. The summed E-state index contributed by atoms with van der Waals surface area (Å²) < 4.78 is 36.0. The van der Waals surface area contributed by atoms with E-state index in [4.69, 9.17) is 6.85 Å². The van der Waals surface area contributed by atoms with E-state index in [1.54, 1.807) is 0 Å². The van der Waals surface area contributed by atoms with Crippen LogP contribution < -0.4 is 5.32 Å². The predicted molar refractivity (Wildman–Crippen MR) is 28.1 cm³/mol. The van der Waals surface area contributed by atoms with Gasteiger partial charge < -0.3 is 10.4 Å². The molecule has 0 radical (unpaired) electrons. The molecule has 5 atom stereocenters. The predicted octanol–water partition coefficient (Wildman–Crippen LogP) is -0.269. The van der Waals surface area contributed by atoms with Gasteiger partial charge in [0.2, 0.25) is 0 Å². The number of aliphatic hydroxyl groups is 1. The molecule has 1 fully saturated rings. The van der Waals surface area contributed by atoms with Crippen molar-refractivity contribution in [2.24, 2.45) is 0 Å². The van der Waals surface area contributed by atoms with Crippen molar-refractivity contribution < 1.29 is 12.0 Å². The van der Waals surface area contributed by atoms with Gasteiger partial charge >= 0.3 is 0 Å². The number of nitrogens with one attached hydrogen (secondary N) is 1. The van der Waals surface area contributed by atoms with Crippen LogP contribution in [0.5, 0.6) is 0 Å². The molecule has 42 valence electrons. The standard InChI is InChI=1S/C5H11NO/c7-5-2-1-3-6-4-5/h5-7H,1-4H2/i1D,2D,3D,4D,5D. The molecule has 0 spiro atoms. The summed E-state index contributed by atoms with van der Waals surface area (Å²) in [6.45, 7) is -2.45. The maximum atomic E-state index is 9.23. The maximum absolute atomic E-state index is 9.23. The molecular formula is C5H11NO. The maximum Gasteiger partial charge on any atom is 0.0665 e. The van der Waals surface area contributed by atoms with Crippen LogP contribution in [-0.2, 0) is 0 Å². The molecular weight excluding hydrogens is 90.1 g/mol. The van der Waals surface area contributed by atoms with Crippen LogP contribution in [0.1, 0.15) is 19.6 Å². The van der Waals surface area contributed by atoms with Gasteiger partial charge in [-0.05, 0) is 19.3 Å². The SMILES string of the molecule is [2H]C1NC([2H])C([2H])(O)C([2H])C1[2H]. The van der Waals surface area contributed by atoms with E-state index >= 15 is 0 Å². The average molecular weight is 106 g/mol. The van der Waals surface area contributed by atoms with E-state index in [0.717, 1.165) is 0 Å². The zero-order valence-corrected chi connectivity index (χ0v) is 3.76. The van der Waals surface area contributed by atoms with Gasteiger partial charge in [-0.15, -0.1) is 0 Å². The minimum Gasteiger partial charge on any atom is -0.392 e. The highest BCUT2D eigenvalue weighted by atomic mass is 16.3. The van der Waals surface area contributed by atoms with Crippen LogP contribution >= 0.6 is 0 Å². The lowest BCUT2D eigenvalue weighted by atomic mass is 10.1. The summed E-state index contributed by atoms with van der Waals surface area (Å²) in [4.78, 5) is 0. The molecule has 2 nitrogen and oxygen atoms in total. The normalized spacial score (nSPS) is 95.9. The zero-order valence-electron chi connectivity index (χ0n) is 8.76. The Morgan fingerprint density at radius 3 is 3.71 bits per heavy atom. The number of β-amino-alcohol motifs (C(OH)–C–C–N with tert-alkyl or cyclic N) is 1. The van der Waals surface area contributed by atoms with Gasteiger partial charge in [0.25, 0.3) is 0 Å². The van der Waals surface area contributed by atoms with Gasteiger partial charge in [0, 0.05) is 12.0 Å². The fraction of sp³-hybridized carbons (Fsp3) is 1.00. The lowest BCUT2D eigenvalue weighted by molar-refractivity contribution is 0.142. The van der Waals surface area contributed by atoms with Crippen molar-refractivity contribution in [2.75, 3.05) is 13.0 Å². The van der Waals surface area contributed by atoms with E-state index < -0.39 is 31.9 Å². The van der Waals surface area contributed by atoms with Crippen LogP contribution in [-0.4, -0.2) is 24.2 Å². The monoisotopic (exact) mass is 106 g/mol. The highest BCUT2D eigenvalue weighted by molar-refractivity contribution is 4.65. The van der Waals surface area contributed by atoms with Crippen molar-refractivity contribution in [3.05, 3.63) is 0 Å². The zero-order chi connectivity index (χ0) is 9.52. The van der Waals surface area contributed by atoms with E-state index in [-0.39, 0.29) is 0 Å². The number of piperidine rings is 1. The molecule has 0 aromatic heterocycles. The Labute approximate surface area is 50.6 Å². The minimum absolute atomic E-state index is 1.07. The summed E-state index contributed by atoms with van der Waals surface area (Å²) >= 11 is 0. The third-order valence-electron chi connectivity index (χ3n) is 0.691. The van der Waals surface area contributed by atoms with Gasteiger partial charge in [0.1, 0.15) is 0 Å². The highest BCUT2D eigenvalue weighted by Crippen LogP contribution is 1.98. The molecule has 0 aromatic carbocycles. The van der Waals surface area contributed by atoms with E-state index in [9.17, 15) is 5.11 Å². The first-order chi connectivity index (χ1) is 5.37. The molecule has 0 saturated carbocycles. The topological polar surface area (TPSA) is 32.3 Å². The Balaban J connectivity index is 2.80. The van der Waals surface area contributed by atoms with E-state index in [1.807, 2.05) is 0 Å². The molecule has 0 aromatic rings. The van der Waals surface area contributed by atoms with Gasteiger partial charge in [0.15, 0.2) is 0 Å². The van der Waals surface area contributed by atoms with E-state index in [2.05, 4.69) is 5.32 Å². The summed E-state index contributed by atoms with van der Waals surface area (Å²) in [5, 5.41) is 11.5. The van der Waals surface area contributed by atoms with Crippen LogP contribution in [0.3, 0.4) is 0 Å². The second kappa shape index (κ2) is 2.28. The fourth-order valence-electron chi connectivity index (χ4n) is 0.384. The molecule has 0 amide bonds. The first kappa shape index (κ1) is 1.71. The molecule has 0 aliphatic carbocycles. The van der Waals surface area contributed by atoms with Crippen LogP contribution in [0.25, 0.3) is 0 Å². The third kappa shape index (κ3) is 1.45. The molecule has 1 rings (SSSR count). The molecule has 1 aliphatic rings. The summed E-state index contributed by atoms with van der Waals surface area (Å²) in [6, 6.07) is 0. The van der Waals surface area contributed by atoms with Gasteiger partial charge in [0.05, 0.1) is 7.45 Å². The van der Waals surface area contributed by atoms with Crippen LogP contribution in [0.2, 0.25) is 0 Å². The highest BCUT2D eigenvalue weighted by Gasteiger charge is 2.06. The summed E-state index contributed by atoms with van der Waals surface area (Å²) in [5.74, 6) is 0. The molecule has 2 N–H and O–H groups in total. The first-order valence-corrected chi connectivity index (χ1v) is 2.04. The van der Waals surface area contributed by atoms with Crippen LogP contribution in [0, 0.1) is 0 Å². The Morgan fingerprint density at radius 2 is 2.86 bits per heavy atom. The van der Waals surface area contributed by atoms with Crippen molar-refractivity contribution in [2.45, 2.75) is 18.9 Å². The lowest BCUT2D eigenvalue weighted by Crippen LogP contribution is -2.33. The number of rotatable bonds is 0. The molecule has 1 heterocycles. The van der Waals surface area contributed by atoms with E-state index in [0.29, 0.717) is 0 Å². The van der Waals surface area contributed by atoms with Crippen molar-refractivity contribution in [3.8, 4) is 0 Å². The van der Waals surface area contributed by atoms with Crippen molar-refractivity contribution in [1.82, 2.24) is 5.32 Å². The third-order valence-corrected chi connectivity index (χ3v) is 0.691. The first-order valence-electron chi connectivity index (χ1n) is 4.85. The number of hydrogen-bond donors (Lipinski definition) is 2. The summed E-state index contributed by atoms with van der Waals surface area (Å²) in [6.07, 6.45) is -4.90. The Bertz CT molecular complexity index is 177. The Hall–Kier alpha value is -0.0800. The smallest absolute Gasteiger partial charge is 0.0665 e. The largest absolute Gasteiger partial charge is 0.392 e. The van der Waals surface area contributed by atoms with Gasteiger partial charge in [-0.2, -0.15) is 0 Å². The molecule has 7 heavy (non-hydrogen) atoms. The minimum atomic E-state index is -2.29. The van der Waals surface area contributed by atoms with Gasteiger partial charge in [-0.3, -0.25) is 0 Å². The molecule has 0 bridgehead atoms. The second-order valence-corrected chi connectivity index (χ2v) is 1.26.